The summed E-state index contributed by atoms with van der Waals surface area (Å²) < 4.78 is 0. The van der Waals surface area contributed by atoms with Crippen LogP contribution < -0.4 is 10.6 Å². The second kappa shape index (κ2) is 7.82. The highest BCUT2D eigenvalue weighted by molar-refractivity contribution is 7.99. The van der Waals surface area contributed by atoms with Crippen molar-refractivity contribution in [2.45, 2.75) is 13.8 Å². The number of anilines is 1. The molecule has 0 saturated carbocycles. The summed E-state index contributed by atoms with van der Waals surface area (Å²) in [7, 11) is 0. The fourth-order valence-electron chi connectivity index (χ4n) is 1.49. The van der Waals surface area contributed by atoms with Crippen molar-refractivity contribution >= 4 is 40.1 Å². The molecule has 3 N–H and O–H groups in total. The van der Waals surface area contributed by atoms with Gasteiger partial charge in [-0.05, 0) is 19.4 Å². The molecule has 0 aliphatic rings. The number of thiophene rings is 1. The number of urea groups is 1. The first kappa shape index (κ1) is 16.4. The highest BCUT2D eigenvalue weighted by Gasteiger charge is 2.19. The number of hydrogen-bond acceptors (Lipinski definition) is 4. The summed E-state index contributed by atoms with van der Waals surface area (Å²) in [6.45, 7) is 4.03. The van der Waals surface area contributed by atoms with Crippen LogP contribution in [0.25, 0.3) is 0 Å². The average Bonchev–Trinajstić information content (AvgIpc) is 2.64. The van der Waals surface area contributed by atoms with Gasteiger partial charge in [0.25, 0.3) is 0 Å². The smallest absolute Gasteiger partial charge is 0.338 e. The van der Waals surface area contributed by atoms with Crippen LogP contribution in [-0.2, 0) is 0 Å². The van der Waals surface area contributed by atoms with Crippen LogP contribution in [0.15, 0.2) is 0 Å². The summed E-state index contributed by atoms with van der Waals surface area (Å²) in [6, 6.07) is -0.407. The minimum absolute atomic E-state index is 0.157. The molecule has 0 aliphatic heterocycles. The van der Waals surface area contributed by atoms with Gasteiger partial charge >= 0.3 is 12.0 Å². The Labute approximate surface area is 126 Å². The van der Waals surface area contributed by atoms with Gasteiger partial charge in [-0.15, -0.1) is 29.5 Å². The van der Waals surface area contributed by atoms with Crippen LogP contribution in [0.3, 0.4) is 0 Å². The van der Waals surface area contributed by atoms with Gasteiger partial charge in [0.05, 0.1) is 11.3 Å². The number of amides is 2. The van der Waals surface area contributed by atoms with E-state index in [0.717, 1.165) is 4.88 Å². The normalized spacial score (nSPS) is 9.85. The Bertz CT molecular complexity index is 547. The van der Waals surface area contributed by atoms with Gasteiger partial charge in [-0.3, -0.25) is 5.32 Å². The molecule has 0 bridgehead atoms. The summed E-state index contributed by atoms with van der Waals surface area (Å²) in [6.07, 6.45) is 5.11. The average molecular weight is 312 g/mol. The number of carbonyl (C=O) groups is 2. The molecule has 2 amide bonds. The van der Waals surface area contributed by atoms with Gasteiger partial charge in [0.1, 0.15) is 5.00 Å². The van der Waals surface area contributed by atoms with Gasteiger partial charge in [0, 0.05) is 17.2 Å². The number of carbonyl (C=O) groups excluding carboxylic acids is 1. The molecule has 0 unspecified atom stereocenters. The quantitative estimate of drug-likeness (QED) is 0.557. The molecular weight excluding hydrogens is 296 g/mol. The fraction of sp³-hybridized carbons (Fsp3) is 0.385. The molecule has 0 saturated heterocycles. The van der Waals surface area contributed by atoms with Crippen LogP contribution in [0.4, 0.5) is 9.80 Å². The van der Waals surface area contributed by atoms with Crippen LogP contribution in [0.2, 0.25) is 0 Å². The lowest BCUT2D eigenvalue weighted by Gasteiger charge is -2.06. The molecule has 1 aromatic heterocycles. The third kappa shape index (κ3) is 4.47. The molecule has 20 heavy (non-hydrogen) atoms. The number of aryl methyl sites for hydroxylation is 1. The lowest BCUT2D eigenvalue weighted by atomic mass is 10.1. The fourth-order valence-corrected chi connectivity index (χ4v) is 3.04. The molecule has 0 radical (unpaired) electrons. The molecule has 0 atom stereocenters. The number of aromatic carboxylic acids is 1. The highest BCUT2D eigenvalue weighted by atomic mass is 32.2. The molecule has 5 nitrogen and oxygen atoms in total. The van der Waals surface area contributed by atoms with E-state index in [2.05, 4.69) is 16.6 Å². The van der Waals surface area contributed by atoms with Gasteiger partial charge in [0.15, 0.2) is 0 Å². The maximum atomic E-state index is 11.7. The standard InChI is InChI=1S/C13H16N2O3S2/c1-4-6-19-7-5-14-13(18)15-11-10(12(16)17)8(2)9(3)20-11/h1H,5-7H2,2-3H3,(H,16,17)(H2,14,15,18). The van der Waals surface area contributed by atoms with Crippen molar-refractivity contribution in [1.29, 1.82) is 0 Å². The predicted molar refractivity (Wildman–Crippen MR) is 83.9 cm³/mol. The van der Waals surface area contributed by atoms with Crippen molar-refractivity contribution in [1.82, 2.24) is 5.32 Å². The van der Waals surface area contributed by atoms with Crippen LogP contribution in [0.5, 0.6) is 0 Å². The topological polar surface area (TPSA) is 78.4 Å². The molecule has 108 valence electrons. The van der Waals surface area contributed by atoms with Gasteiger partial charge in [-0.25, -0.2) is 9.59 Å². The molecule has 0 spiro atoms. The maximum absolute atomic E-state index is 11.7. The summed E-state index contributed by atoms with van der Waals surface area (Å²) in [4.78, 5) is 23.7. The van der Waals surface area contributed by atoms with Crippen LogP contribution >= 0.6 is 23.1 Å². The van der Waals surface area contributed by atoms with Crippen molar-refractivity contribution in [2.75, 3.05) is 23.4 Å². The van der Waals surface area contributed by atoms with Crippen molar-refractivity contribution in [2.24, 2.45) is 0 Å². The van der Waals surface area contributed by atoms with Gasteiger partial charge in [0.2, 0.25) is 0 Å². The number of terminal acetylenes is 1. The SMILES string of the molecule is C#CCSCCNC(=O)Nc1sc(C)c(C)c1C(=O)O. The lowest BCUT2D eigenvalue weighted by Crippen LogP contribution is -2.30. The first-order chi connectivity index (χ1) is 9.47. The molecular formula is C13H16N2O3S2. The van der Waals surface area contributed by atoms with Crippen molar-refractivity contribution < 1.29 is 14.7 Å². The summed E-state index contributed by atoms with van der Waals surface area (Å²) >= 11 is 2.81. The third-order valence-electron chi connectivity index (χ3n) is 2.54. The van der Waals surface area contributed by atoms with Crippen LogP contribution in [-0.4, -0.2) is 35.2 Å². The number of carboxylic acids is 1. The van der Waals surface area contributed by atoms with Gasteiger partial charge in [-0.2, -0.15) is 0 Å². The molecule has 1 rings (SSSR count). The van der Waals surface area contributed by atoms with Crippen molar-refractivity contribution in [3.05, 3.63) is 16.0 Å². The largest absolute Gasteiger partial charge is 0.478 e. The van der Waals surface area contributed by atoms with Gasteiger partial charge < -0.3 is 10.4 Å². The number of carboxylic acid groups (broad SMARTS) is 1. The Morgan fingerprint density at radius 1 is 1.45 bits per heavy atom. The molecule has 0 fully saturated rings. The van der Waals surface area contributed by atoms with E-state index in [1.165, 1.54) is 11.3 Å². The Morgan fingerprint density at radius 3 is 2.75 bits per heavy atom. The molecule has 0 aromatic carbocycles. The maximum Gasteiger partial charge on any atom is 0.338 e. The van der Waals surface area contributed by atoms with E-state index in [4.69, 9.17) is 11.5 Å². The Kier molecular flexibility index (Phi) is 6.42. The number of thioether (sulfide) groups is 1. The highest BCUT2D eigenvalue weighted by Crippen LogP contribution is 2.32. The van der Waals surface area contributed by atoms with Crippen LogP contribution in [0, 0.1) is 26.2 Å². The first-order valence-electron chi connectivity index (χ1n) is 5.86. The zero-order chi connectivity index (χ0) is 15.1. The lowest BCUT2D eigenvalue weighted by molar-refractivity contribution is 0.0697. The van der Waals surface area contributed by atoms with E-state index in [9.17, 15) is 9.59 Å². The Hall–Kier alpha value is -1.65. The molecule has 7 heteroatoms. The van der Waals surface area contributed by atoms with E-state index < -0.39 is 12.0 Å². The minimum Gasteiger partial charge on any atom is -0.478 e. The number of nitrogens with one attached hydrogen (secondary N) is 2. The summed E-state index contributed by atoms with van der Waals surface area (Å²) in [5.41, 5.74) is 0.840. The van der Waals surface area contributed by atoms with E-state index in [0.29, 0.717) is 28.6 Å². The van der Waals surface area contributed by atoms with E-state index in [1.54, 1.807) is 18.7 Å². The third-order valence-corrected chi connectivity index (χ3v) is 4.53. The van der Waals surface area contributed by atoms with Crippen molar-refractivity contribution in [3.63, 3.8) is 0 Å². The number of rotatable bonds is 6. The molecule has 1 heterocycles. The zero-order valence-electron chi connectivity index (χ0n) is 11.3. The summed E-state index contributed by atoms with van der Waals surface area (Å²) in [5, 5.41) is 14.8. The molecule has 1 aromatic rings. The van der Waals surface area contributed by atoms with E-state index >= 15 is 0 Å². The predicted octanol–water partition coefficient (Wildman–Crippen LogP) is 2.55. The number of hydrogen-bond donors (Lipinski definition) is 3. The summed E-state index contributed by atoms with van der Waals surface area (Å²) in [5.74, 6) is 2.78. The monoisotopic (exact) mass is 312 g/mol. The van der Waals surface area contributed by atoms with Gasteiger partial charge in [-0.1, -0.05) is 5.92 Å². The Morgan fingerprint density at radius 2 is 2.15 bits per heavy atom. The molecule has 0 aliphatic carbocycles. The minimum atomic E-state index is -1.04. The zero-order valence-corrected chi connectivity index (χ0v) is 12.9. The Balaban J connectivity index is 2.56. The second-order valence-electron chi connectivity index (χ2n) is 3.93. The van der Waals surface area contributed by atoms with Crippen molar-refractivity contribution in [3.8, 4) is 12.3 Å². The van der Waals surface area contributed by atoms with Crippen LogP contribution in [0.1, 0.15) is 20.8 Å². The van der Waals surface area contributed by atoms with E-state index in [-0.39, 0.29) is 5.56 Å². The second-order valence-corrected chi connectivity index (χ2v) is 6.26. The van der Waals surface area contributed by atoms with E-state index in [1.807, 2.05) is 6.92 Å². The first-order valence-corrected chi connectivity index (χ1v) is 7.83.